The topological polar surface area (TPSA) is 33.2 Å². The predicted octanol–water partition coefficient (Wildman–Crippen LogP) is 3.05. The number of aromatic nitrogens is 1. The highest BCUT2D eigenvalue weighted by molar-refractivity contribution is 9.10. The highest BCUT2D eigenvalue weighted by Crippen LogP contribution is 2.12. The van der Waals surface area contributed by atoms with Gasteiger partial charge in [-0.2, -0.15) is 0 Å². The Morgan fingerprint density at radius 2 is 1.95 bits per heavy atom. The van der Waals surface area contributed by atoms with E-state index in [1.807, 2.05) is 43.4 Å². The molecule has 4 heteroatoms. The van der Waals surface area contributed by atoms with Crippen LogP contribution in [0.3, 0.4) is 0 Å². The van der Waals surface area contributed by atoms with E-state index in [0.29, 0.717) is 13.0 Å². The molecule has 0 aliphatic carbocycles. The van der Waals surface area contributed by atoms with Gasteiger partial charge >= 0.3 is 0 Å². The number of hydrogen-bond donors (Lipinski definition) is 0. The number of benzene rings is 1. The number of hydrogen-bond acceptors (Lipinski definition) is 2. The number of halogens is 1. The zero-order valence-corrected chi connectivity index (χ0v) is 12.3. The summed E-state index contributed by atoms with van der Waals surface area (Å²) in [5.41, 5.74) is 2.06. The number of amides is 1. The normalized spacial score (nSPS) is 10.2. The summed E-state index contributed by atoms with van der Waals surface area (Å²) in [6.07, 6.45) is 3.93. The molecule has 0 atom stereocenters. The van der Waals surface area contributed by atoms with Crippen molar-refractivity contribution in [3.05, 3.63) is 64.4 Å². The number of carbonyl (C=O) groups is 1. The maximum atomic E-state index is 12.1. The average Bonchev–Trinajstić information content (AvgIpc) is 2.42. The van der Waals surface area contributed by atoms with E-state index in [9.17, 15) is 4.79 Å². The average molecular weight is 319 g/mol. The van der Waals surface area contributed by atoms with Gasteiger partial charge in [0.05, 0.1) is 6.42 Å². The molecule has 1 aromatic heterocycles. The number of pyridine rings is 1. The smallest absolute Gasteiger partial charge is 0.227 e. The standard InChI is InChI=1S/C15H15BrN2O/c1-18(11-13-3-2-8-17-10-13)15(19)9-12-4-6-14(16)7-5-12/h2-8,10H,9,11H2,1H3. The first-order valence-corrected chi connectivity index (χ1v) is 6.82. The Kier molecular flexibility index (Phi) is 4.68. The van der Waals surface area contributed by atoms with E-state index < -0.39 is 0 Å². The predicted molar refractivity (Wildman–Crippen MR) is 78.6 cm³/mol. The molecule has 0 radical (unpaired) electrons. The molecule has 1 aromatic carbocycles. The molecule has 19 heavy (non-hydrogen) atoms. The minimum atomic E-state index is 0.103. The summed E-state index contributed by atoms with van der Waals surface area (Å²) < 4.78 is 1.02. The Hall–Kier alpha value is -1.68. The van der Waals surface area contributed by atoms with E-state index in [4.69, 9.17) is 0 Å². The third-order valence-corrected chi connectivity index (χ3v) is 3.37. The van der Waals surface area contributed by atoms with Gasteiger partial charge in [0.2, 0.25) is 5.91 Å². The summed E-state index contributed by atoms with van der Waals surface area (Å²) in [6.45, 7) is 0.587. The van der Waals surface area contributed by atoms with Crippen LogP contribution in [-0.2, 0) is 17.8 Å². The maximum absolute atomic E-state index is 12.1. The van der Waals surface area contributed by atoms with Crippen LogP contribution in [0.15, 0.2) is 53.3 Å². The summed E-state index contributed by atoms with van der Waals surface area (Å²) in [5.74, 6) is 0.103. The molecule has 1 amide bonds. The van der Waals surface area contributed by atoms with Crippen LogP contribution in [0.5, 0.6) is 0 Å². The lowest BCUT2D eigenvalue weighted by molar-refractivity contribution is -0.129. The van der Waals surface area contributed by atoms with Gasteiger partial charge in [0.25, 0.3) is 0 Å². The van der Waals surface area contributed by atoms with Crippen molar-refractivity contribution in [1.82, 2.24) is 9.88 Å². The molecule has 2 rings (SSSR count). The zero-order valence-electron chi connectivity index (χ0n) is 10.7. The first-order valence-electron chi connectivity index (χ1n) is 6.02. The Morgan fingerprint density at radius 1 is 1.21 bits per heavy atom. The SMILES string of the molecule is CN(Cc1cccnc1)C(=O)Cc1ccc(Br)cc1. The third kappa shape index (κ3) is 4.17. The van der Waals surface area contributed by atoms with Crippen molar-refractivity contribution in [3.63, 3.8) is 0 Å². The fraction of sp³-hybridized carbons (Fsp3) is 0.200. The van der Waals surface area contributed by atoms with Crippen molar-refractivity contribution >= 4 is 21.8 Å². The summed E-state index contributed by atoms with van der Waals surface area (Å²) in [7, 11) is 1.81. The largest absolute Gasteiger partial charge is 0.341 e. The monoisotopic (exact) mass is 318 g/mol. The molecular weight excluding hydrogens is 304 g/mol. The zero-order chi connectivity index (χ0) is 13.7. The van der Waals surface area contributed by atoms with Gasteiger partial charge in [-0.05, 0) is 29.3 Å². The Morgan fingerprint density at radius 3 is 2.58 bits per heavy atom. The van der Waals surface area contributed by atoms with Gasteiger partial charge in [-0.1, -0.05) is 34.1 Å². The Bertz CT molecular complexity index is 540. The van der Waals surface area contributed by atoms with Gasteiger partial charge in [0.1, 0.15) is 0 Å². The lowest BCUT2D eigenvalue weighted by atomic mass is 10.1. The van der Waals surface area contributed by atoms with E-state index in [0.717, 1.165) is 15.6 Å². The molecule has 0 fully saturated rings. The van der Waals surface area contributed by atoms with Gasteiger partial charge < -0.3 is 4.90 Å². The Balaban J connectivity index is 1.94. The minimum absolute atomic E-state index is 0.103. The molecule has 0 aliphatic rings. The van der Waals surface area contributed by atoms with Crippen molar-refractivity contribution in [3.8, 4) is 0 Å². The molecule has 0 saturated heterocycles. The van der Waals surface area contributed by atoms with E-state index in [1.54, 1.807) is 17.3 Å². The van der Waals surface area contributed by atoms with Crippen LogP contribution < -0.4 is 0 Å². The van der Waals surface area contributed by atoms with Gasteiger partial charge in [-0.3, -0.25) is 9.78 Å². The van der Waals surface area contributed by atoms with E-state index in [2.05, 4.69) is 20.9 Å². The van der Waals surface area contributed by atoms with Crippen LogP contribution in [-0.4, -0.2) is 22.8 Å². The summed E-state index contributed by atoms with van der Waals surface area (Å²) in [4.78, 5) is 17.9. The number of likely N-dealkylation sites (N-methyl/N-ethyl adjacent to an activating group) is 1. The van der Waals surface area contributed by atoms with Crippen LogP contribution >= 0.6 is 15.9 Å². The fourth-order valence-electron chi connectivity index (χ4n) is 1.77. The van der Waals surface area contributed by atoms with Crippen molar-refractivity contribution in [2.75, 3.05) is 7.05 Å². The quantitative estimate of drug-likeness (QED) is 0.868. The van der Waals surface area contributed by atoms with E-state index in [1.165, 1.54) is 0 Å². The molecule has 0 N–H and O–H groups in total. The Labute approximate surface area is 121 Å². The number of nitrogens with zero attached hydrogens (tertiary/aromatic N) is 2. The van der Waals surface area contributed by atoms with Crippen molar-refractivity contribution in [1.29, 1.82) is 0 Å². The maximum Gasteiger partial charge on any atom is 0.227 e. The summed E-state index contributed by atoms with van der Waals surface area (Å²) in [5, 5.41) is 0. The lowest BCUT2D eigenvalue weighted by Crippen LogP contribution is -2.27. The summed E-state index contributed by atoms with van der Waals surface area (Å²) in [6, 6.07) is 11.7. The highest BCUT2D eigenvalue weighted by Gasteiger charge is 2.10. The van der Waals surface area contributed by atoms with Crippen LogP contribution in [0, 0.1) is 0 Å². The minimum Gasteiger partial charge on any atom is -0.341 e. The molecule has 0 spiro atoms. The highest BCUT2D eigenvalue weighted by atomic mass is 79.9. The lowest BCUT2D eigenvalue weighted by Gasteiger charge is -2.17. The molecule has 0 saturated carbocycles. The molecular formula is C15H15BrN2O. The second kappa shape index (κ2) is 6.48. The number of rotatable bonds is 4. The van der Waals surface area contributed by atoms with Crippen LogP contribution in [0.4, 0.5) is 0 Å². The van der Waals surface area contributed by atoms with Crippen molar-refractivity contribution in [2.24, 2.45) is 0 Å². The van der Waals surface area contributed by atoms with Gasteiger partial charge in [-0.15, -0.1) is 0 Å². The van der Waals surface area contributed by atoms with Gasteiger partial charge in [0, 0.05) is 30.5 Å². The molecule has 2 aromatic rings. The van der Waals surface area contributed by atoms with Crippen LogP contribution in [0.25, 0.3) is 0 Å². The molecule has 0 unspecified atom stereocenters. The van der Waals surface area contributed by atoms with Gasteiger partial charge in [-0.25, -0.2) is 0 Å². The molecule has 98 valence electrons. The molecule has 0 aliphatic heterocycles. The summed E-state index contributed by atoms with van der Waals surface area (Å²) >= 11 is 3.38. The van der Waals surface area contributed by atoms with Crippen LogP contribution in [0.1, 0.15) is 11.1 Å². The molecule has 3 nitrogen and oxygen atoms in total. The van der Waals surface area contributed by atoms with Gasteiger partial charge in [0.15, 0.2) is 0 Å². The molecule has 0 bridgehead atoms. The van der Waals surface area contributed by atoms with Crippen molar-refractivity contribution in [2.45, 2.75) is 13.0 Å². The van der Waals surface area contributed by atoms with Crippen molar-refractivity contribution < 1.29 is 4.79 Å². The first kappa shape index (κ1) is 13.7. The molecule has 1 heterocycles. The van der Waals surface area contributed by atoms with E-state index >= 15 is 0 Å². The van der Waals surface area contributed by atoms with E-state index in [-0.39, 0.29) is 5.91 Å². The first-order chi connectivity index (χ1) is 9.15. The second-order valence-corrected chi connectivity index (χ2v) is 5.33. The third-order valence-electron chi connectivity index (χ3n) is 2.84. The second-order valence-electron chi connectivity index (χ2n) is 4.41. The number of carbonyl (C=O) groups excluding carboxylic acids is 1. The van der Waals surface area contributed by atoms with Crippen LogP contribution in [0.2, 0.25) is 0 Å². The fourth-order valence-corrected chi connectivity index (χ4v) is 2.03.